The number of nitrogens with zero attached hydrogens (tertiary/aromatic N) is 6. The molecule has 2 aromatic carbocycles. The molecule has 0 saturated heterocycles. The molecule has 32 heavy (non-hydrogen) atoms. The van der Waals surface area contributed by atoms with Gasteiger partial charge in [-0.1, -0.05) is 0 Å². The minimum Gasteiger partial charge on any atom is -0.454 e. The fourth-order valence-electron chi connectivity index (χ4n) is 3.04. The van der Waals surface area contributed by atoms with Crippen molar-refractivity contribution in [3.8, 4) is 34.1 Å². The minimum atomic E-state index is -0.442. The zero-order valence-electron chi connectivity index (χ0n) is 16.4. The minimum absolute atomic E-state index is 0.170. The van der Waals surface area contributed by atoms with Gasteiger partial charge >= 0.3 is 0 Å². The van der Waals surface area contributed by atoms with Crippen molar-refractivity contribution in [2.75, 3.05) is 6.79 Å². The predicted octanol–water partition coefficient (Wildman–Crippen LogP) is 1.75. The molecule has 0 bridgehead atoms. The summed E-state index contributed by atoms with van der Waals surface area (Å²) >= 11 is 0. The number of amides is 1. The summed E-state index contributed by atoms with van der Waals surface area (Å²) in [4.78, 5) is 13.3. The van der Waals surface area contributed by atoms with E-state index in [-0.39, 0.29) is 19.2 Å². The first-order chi connectivity index (χ1) is 15.7. The third-order valence-corrected chi connectivity index (χ3v) is 4.56. The van der Waals surface area contributed by atoms with Gasteiger partial charge in [-0.15, -0.1) is 10.2 Å². The standard InChI is InChI=1S/C20H15FN8O3/c21-15-4-1-12(2-5-15)19-14(9-23-25-19)8-22-24-18(30)10-29-27-20(26-28-29)13-3-6-16-17(7-13)32-11-31-16/h1-9H,10-11H2,(H,23,25)(H,24,30)/b22-8-. The lowest BCUT2D eigenvalue weighted by atomic mass is 10.1. The highest BCUT2D eigenvalue weighted by atomic mass is 19.1. The highest BCUT2D eigenvalue weighted by molar-refractivity contribution is 5.89. The summed E-state index contributed by atoms with van der Waals surface area (Å²) < 4.78 is 23.7. The fraction of sp³-hybridized carbons (Fsp3) is 0.100. The Morgan fingerprint density at radius 1 is 1.19 bits per heavy atom. The summed E-state index contributed by atoms with van der Waals surface area (Å²) in [6.45, 7) is -0.00506. The number of H-pyrrole nitrogens is 1. The average Bonchev–Trinajstić information content (AvgIpc) is 3.54. The van der Waals surface area contributed by atoms with Crippen LogP contribution in [0.3, 0.4) is 0 Å². The van der Waals surface area contributed by atoms with Crippen LogP contribution in [0.2, 0.25) is 0 Å². The first-order valence-corrected chi connectivity index (χ1v) is 9.45. The Morgan fingerprint density at radius 2 is 2.00 bits per heavy atom. The number of hydrazone groups is 1. The van der Waals surface area contributed by atoms with Gasteiger partial charge < -0.3 is 9.47 Å². The summed E-state index contributed by atoms with van der Waals surface area (Å²) in [5.41, 5.74) is 5.10. The topological polar surface area (TPSA) is 132 Å². The zero-order chi connectivity index (χ0) is 21.9. The van der Waals surface area contributed by atoms with E-state index in [0.717, 1.165) is 10.4 Å². The van der Waals surface area contributed by atoms with E-state index in [0.29, 0.717) is 34.1 Å². The van der Waals surface area contributed by atoms with Gasteiger partial charge in [0.15, 0.2) is 11.5 Å². The monoisotopic (exact) mass is 434 g/mol. The van der Waals surface area contributed by atoms with E-state index >= 15 is 0 Å². The second-order valence-electron chi connectivity index (χ2n) is 6.71. The van der Waals surface area contributed by atoms with Gasteiger partial charge in [0.1, 0.15) is 12.4 Å². The molecule has 160 valence electrons. The molecule has 4 aromatic rings. The van der Waals surface area contributed by atoms with Crippen molar-refractivity contribution >= 4 is 12.1 Å². The number of hydrogen-bond acceptors (Lipinski definition) is 8. The first kappa shape index (κ1) is 19.4. The number of nitrogens with one attached hydrogen (secondary N) is 2. The van der Waals surface area contributed by atoms with Crippen molar-refractivity contribution in [3.63, 3.8) is 0 Å². The summed E-state index contributed by atoms with van der Waals surface area (Å²) in [5.74, 6) is 0.826. The molecule has 1 amide bonds. The van der Waals surface area contributed by atoms with Gasteiger partial charge in [0.05, 0.1) is 18.1 Å². The Bertz CT molecular complexity index is 1300. The van der Waals surface area contributed by atoms with Crippen LogP contribution in [0.4, 0.5) is 4.39 Å². The predicted molar refractivity (Wildman–Crippen MR) is 109 cm³/mol. The molecule has 12 heteroatoms. The van der Waals surface area contributed by atoms with Crippen LogP contribution in [0.5, 0.6) is 11.5 Å². The van der Waals surface area contributed by atoms with Crippen LogP contribution in [0, 0.1) is 5.82 Å². The number of tetrazole rings is 1. The molecule has 0 atom stereocenters. The number of carbonyl (C=O) groups excluding carboxylic acids is 1. The number of carbonyl (C=O) groups is 1. The molecule has 0 radical (unpaired) electrons. The molecule has 0 fully saturated rings. The van der Waals surface area contributed by atoms with E-state index in [1.54, 1.807) is 36.5 Å². The quantitative estimate of drug-likeness (QED) is 0.349. The van der Waals surface area contributed by atoms with Crippen LogP contribution in [-0.4, -0.2) is 49.3 Å². The third-order valence-electron chi connectivity index (χ3n) is 4.56. The second-order valence-corrected chi connectivity index (χ2v) is 6.71. The Hall–Kier alpha value is -4.61. The number of benzene rings is 2. The normalized spacial score (nSPS) is 12.4. The Kier molecular flexibility index (Phi) is 5.00. The van der Waals surface area contributed by atoms with Crippen molar-refractivity contribution in [2.24, 2.45) is 5.10 Å². The summed E-state index contributed by atoms with van der Waals surface area (Å²) in [7, 11) is 0. The van der Waals surface area contributed by atoms with Gasteiger partial charge in [-0.05, 0) is 47.7 Å². The molecule has 0 saturated carbocycles. The van der Waals surface area contributed by atoms with Gasteiger partial charge in [0.2, 0.25) is 12.6 Å². The maximum Gasteiger partial charge on any atom is 0.263 e. The average molecular weight is 434 g/mol. The summed E-state index contributed by atoms with van der Waals surface area (Å²) in [5, 5.41) is 22.8. The van der Waals surface area contributed by atoms with E-state index in [1.807, 2.05) is 0 Å². The smallest absolute Gasteiger partial charge is 0.263 e. The van der Waals surface area contributed by atoms with Gasteiger partial charge in [0.25, 0.3) is 5.91 Å². The van der Waals surface area contributed by atoms with Crippen LogP contribution in [-0.2, 0) is 11.3 Å². The van der Waals surface area contributed by atoms with E-state index in [9.17, 15) is 9.18 Å². The van der Waals surface area contributed by atoms with Crippen LogP contribution < -0.4 is 14.9 Å². The number of aromatic amines is 1. The molecule has 0 unspecified atom stereocenters. The number of rotatable bonds is 6. The molecule has 1 aliphatic heterocycles. The van der Waals surface area contributed by atoms with E-state index in [1.165, 1.54) is 18.3 Å². The number of halogens is 1. The zero-order valence-corrected chi connectivity index (χ0v) is 16.4. The maximum atomic E-state index is 13.1. The molecule has 3 heterocycles. The van der Waals surface area contributed by atoms with Gasteiger partial charge in [-0.3, -0.25) is 9.89 Å². The maximum absolute atomic E-state index is 13.1. The van der Waals surface area contributed by atoms with Crippen molar-refractivity contribution in [3.05, 3.63) is 60.0 Å². The van der Waals surface area contributed by atoms with Gasteiger partial charge in [0, 0.05) is 16.7 Å². The molecule has 0 aliphatic carbocycles. The first-order valence-electron chi connectivity index (χ1n) is 9.45. The highest BCUT2D eigenvalue weighted by Gasteiger charge is 2.16. The van der Waals surface area contributed by atoms with Crippen molar-refractivity contribution in [1.82, 2.24) is 35.8 Å². The lowest BCUT2D eigenvalue weighted by molar-refractivity contribution is -0.122. The summed E-state index contributed by atoms with van der Waals surface area (Å²) in [6, 6.07) is 11.2. The van der Waals surface area contributed by atoms with E-state index in [2.05, 4.69) is 36.1 Å². The fourth-order valence-corrected chi connectivity index (χ4v) is 3.04. The number of aromatic nitrogens is 6. The van der Waals surface area contributed by atoms with E-state index < -0.39 is 5.91 Å². The van der Waals surface area contributed by atoms with Crippen LogP contribution >= 0.6 is 0 Å². The number of fused-ring (bicyclic) bond motifs is 1. The largest absolute Gasteiger partial charge is 0.454 e. The van der Waals surface area contributed by atoms with Crippen LogP contribution in [0.15, 0.2) is 53.8 Å². The molecule has 2 N–H and O–H groups in total. The Morgan fingerprint density at radius 3 is 2.88 bits per heavy atom. The van der Waals surface area contributed by atoms with Gasteiger partial charge in [-0.2, -0.15) is 15.0 Å². The molecule has 0 spiro atoms. The number of ether oxygens (including phenoxy) is 2. The molecule has 2 aromatic heterocycles. The lowest BCUT2D eigenvalue weighted by Crippen LogP contribution is -2.24. The molecular formula is C20H15FN8O3. The molecule has 5 rings (SSSR count). The Labute approximate surface area is 179 Å². The van der Waals surface area contributed by atoms with Crippen molar-refractivity contribution < 1.29 is 18.7 Å². The second kappa shape index (κ2) is 8.26. The van der Waals surface area contributed by atoms with Crippen LogP contribution in [0.1, 0.15) is 5.56 Å². The summed E-state index contributed by atoms with van der Waals surface area (Å²) in [6.07, 6.45) is 2.98. The van der Waals surface area contributed by atoms with E-state index in [4.69, 9.17) is 9.47 Å². The lowest BCUT2D eigenvalue weighted by Gasteiger charge is -2.00. The third kappa shape index (κ3) is 4.01. The highest BCUT2D eigenvalue weighted by Crippen LogP contribution is 2.34. The number of hydrogen-bond donors (Lipinski definition) is 2. The molecular weight excluding hydrogens is 419 g/mol. The SMILES string of the molecule is O=C(Cn1nnc(-c2ccc3c(c2)OCO3)n1)N/N=C\c1cn[nH]c1-c1ccc(F)cc1. The van der Waals surface area contributed by atoms with Crippen LogP contribution in [0.25, 0.3) is 22.6 Å². The molecule has 1 aliphatic rings. The molecule has 11 nitrogen and oxygen atoms in total. The van der Waals surface area contributed by atoms with Gasteiger partial charge in [-0.25, -0.2) is 9.82 Å². The Balaban J connectivity index is 1.21. The van der Waals surface area contributed by atoms with Crippen molar-refractivity contribution in [2.45, 2.75) is 6.54 Å². The van der Waals surface area contributed by atoms with Crippen molar-refractivity contribution in [1.29, 1.82) is 0 Å².